The number of carbonyl (C=O) groups is 1. The van der Waals surface area contributed by atoms with Crippen LogP contribution in [-0.2, 0) is 16.0 Å². The minimum Gasteiger partial charge on any atom is -0.465 e. The minimum absolute atomic E-state index is 0.0231. The number of aromatic nitrogens is 1. The normalized spacial score (nSPS) is 17.2. The van der Waals surface area contributed by atoms with Gasteiger partial charge in [0.2, 0.25) is 0 Å². The molecule has 3 heteroatoms. The van der Waals surface area contributed by atoms with Gasteiger partial charge < -0.3 is 4.74 Å². The molecule has 0 aliphatic carbocycles. The molecule has 0 spiro atoms. The summed E-state index contributed by atoms with van der Waals surface area (Å²) in [7, 11) is 0. The lowest BCUT2D eigenvalue weighted by atomic mass is 10.0. The Hall–Kier alpha value is -1.38. The van der Waals surface area contributed by atoms with Crippen LogP contribution in [0.2, 0.25) is 0 Å². The second-order valence-electron chi connectivity index (χ2n) is 3.18. The summed E-state index contributed by atoms with van der Waals surface area (Å²) in [5, 5.41) is 0. The predicted octanol–water partition coefficient (Wildman–Crippen LogP) is 3.24. The van der Waals surface area contributed by atoms with Crippen molar-refractivity contribution in [3.05, 3.63) is 30.1 Å². The Morgan fingerprint density at radius 3 is 2.47 bits per heavy atom. The fraction of sp³-hybridized carbons (Fsp3) is 0.571. The maximum Gasteiger partial charge on any atom is 0.309 e. The molecular formula is C14H23NO2. The molecule has 3 nitrogen and oxygen atoms in total. The number of ether oxygens (including phenoxy) is 1. The summed E-state index contributed by atoms with van der Waals surface area (Å²) in [6.45, 7) is 8.57. The topological polar surface area (TPSA) is 39.2 Å². The summed E-state index contributed by atoms with van der Waals surface area (Å²) in [6.07, 6.45) is 3.28. The monoisotopic (exact) mass is 237 g/mol. The number of nitrogens with zero attached hydrogens (tertiary/aromatic N) is 1. The molecular weight excluding hydrogens is 214 g/mol. The minimum atomic E-state index is -0.0781. The zero-order chi connectivity index (χ0) is 13.1. The van der Waals surface area contributed by atoms with E-state index < -0.39 is 0 Å². The number of hydrogen-bond donors (Lipinski definition) is 0. The first kappa shape index (κ1) is 15.6. The lowest BCUT2D eigenvalue weighted by molar-refractivity contribution is -0.141. The van der Waals surface area contributed by atoms with E-state index in [1.807, 2.05) is 45.9 Å². The molecule has 1 aromatic heterocycles. The quantitative estimate of drug-likeness (QED) is 0.741. The van der Waals surface area contributed by atoms with E-state index in [0.717, 1.165) is 12.1 Å². The number of rotatable bonds is 2. The highest BCUT2D eigenvalue weighted by atomic mass is 16.5. The smallest absolute Gasteiger partial charge is 0.309 e. The highest BCUT2D eigenvalue weighted by molar-refractivity contribution is 5.74. The van der Waals surface area contributed by atoms with Crippen LogP contribution in [-0.4, -0.2) is 17.6 Å². The van der Waals surface area contributed by atoms with Crippen molar-refractivity contribution in [2.75, 3.05) is 6.61 Å². The Morgan fingerprint density at radius 1 is 1.29 bits per heavy atom. The zero-order valence-electron chi connectivity index (χ0n) is 11.3. The van der Waals surface area contributed by atoms with Crippen LogP contribution in [0.1, 0.15) is 39.8 Å². The van der Waals surface area contributed by atoms with Gasteiger partial charge in [-0.15, -0.1) is 0 Å². The largest absolute Gasteiger partial charge is 0.465 e. The predicted molar refractivity (Wildman–Crippen MR) is 69.7 cm³/mol. The van der Waals surface area contributed by atoms with Crippen LogP contribution in [0.15, 0.2) is 24.4 Å². The van der Waals surface area contributed by atoms with Crippen LogP contribution in [0.25, 0.3) is 0 Å². The van der Waals surface area contributed by atoms with E-state index in [1.54, 1.807) is 6.20 Å². The van der Waals surface area contributed by atoms with Gasteiger partial charge in [0.15, 0.2) is 0 Å². The second kappa shape index (κ2) is 9.82. The molecule has 1 aromatic rings. The van der Waals surface area contributed by atoms with Crippen LogP contribution in [0.5, 0.6) is 0 Å². The summed E-state index contributed by atoms with van der Waals surface area (Å²) >= 11 is 0. The lowest BCUT2D eigenvalue weighted by Crippen LogP contribution is -2.11. The van der Waals surface area contributed by atoms with E-state index in [1.165, 1.54) is 0 Å². The molecule has 1 saturated heterocycles. The number of esters is 1. The van der Waals surface area contributed by atoms with Crippen molar-refractivity contribution in [3.63, 3.8) is 0 Å². The summed E-state index contributed by atoms with van der Waals surface area (Å²) in [4.78, 5) is 15.3. The van der Waals surface area contributed by atoms with Gasteiger partial charge >= 0.3 is 5.97 Å². The van der Waals surface area contributed by atoms with Gasteiger partial charge in [0.1, 0.15) is 0 Å². The van der Waals surface area contributed by atoms with Gasteiger partial charge in [0.05, 0.1) is 12.5 Å². The van der Waals surface area contributed by atoms with Gasteiger partial charge in [-0.2, -0.15) is 0 Å². The van der Waals surface area contributed by atoms with Crippen molar-refractivity contribution in [2.24, 2.45) is 5.92 Å². The highest BCUT2D eigenvalue weighted by Crippen LogP contribution is 2.18. The molecule has 2 heterocycles. The van der Waals surface area contributed by atoms with Crippen molar-refractivity contribution < 1.29 is 9.53 Å². The van der Waals surface area contributed by atoms with Gasteiger partial charge in [-0.1, -0.05) is 33.8 Å². The molecule has 0 saturated carbocycles. The third kappa shape index (κ3) is 5.48. The van der Waals surface area contributed by atoms with E-state index in [2.05, 4.69) is 4.98 Å². The van der Waals surface area contributed by atoms with Crippen molar-refractivity contribution in [1.29, 1.82) is 0 Å². The van der Waals surface area contributed by atoms with Crippen LogP contribution in [0, 0.1) is 5.92 Å². The van der Waals surface area contributed by atoms with Crippen LogP contribution in [0.3, 0.4) is 0 Å². The molecule has 1 fully saturated rings. The van der Waals surface area contributed by atoms with E-state index >= 15 is 0 Å². The van der Waals surface area contributed by atoms with Crippen molar-refractivity contribution in [3.8, 4) is 0 Å². The standard InChI is InChI=1S/C10H11NO2.2C2H6/c12-10-8(4-6-13-10)7-9-3-1-2-5-11-9;2*1-2/h1-3,5,8H,4,6-7H2;2*1-2H3/t8-;;/m0../s1. The zero-order valence-corrected chi connectivity index (χ0v) is 11.3. The number of hydrogen-bond acceptors (Lipinski definition) is 3. The molecule has 0 radical (unpaired) electrons. The molecule has 1 aliphatic heterocycles. The molecule has 2 rings (SSSR count). The van der Waals surface area contributed by atoms with Gasteiger partial charge in [-0.05, 0) is 18.6 Å². The third-order valence-electron chi connectivity index (χ3n) is 2.23. The Morgan fingerprint density at radius 2 is 2.00 bits per heavy atom. The molecule has 0 N–H and O–H groups in total. The number of pyridine rings is 1. The first-order valence-electron chi connectivity index (χ1n) is 6.43. The van der Waals surface area contributed by atoms with Gasteiger partial charge in [0, 0.05) is 18.3 Å². The lowest BCUT2D eigenvalue weighted by Gasteiger charge is -2.03. The molecule has 1 aliphatic rings. The Kier molecular flexibility index (Phi) is 9.02. The van der Waals surface area contributed by atoms with Gasteiger partial charge in [-0.3, -0.25) is 9.78 Å². The molecule has 17 heavy (non-hydrogen) atoms. The average molecular weight is 237 g/mol. The Balaban J connectivity index is 0.000000581. The molecule has 0 bridgehead atoms. The maximum absolute atomic E-state index is 11.1. The molecule has 0 unspecified atom stereocenters. The van der Waals surface area contributed by atoms with Crippen molar-refractivity contribution in [1.82, 2.24) is 4.98 Å². The molecule has 96 valence electrons. The highest BCUT2D eigenvalue weighted by Gasteiger charge is 2.26. The SMILES string of the molecule is CC.CC.O=C1OCC[C@H]1Cc1ccccn1. The van der Waals surface area contributed by atoms with E-state index in [4.69, 9.17) is 4.74 Å². The average Bonchev–Trinajstić information content (AvgIpc) is 2.81. The van der Waals surface area contributed by atoms with E-state index in [9.17, 15) is 4.79 Å². The molecule has 0 amide bonds. The van der Waals surface area contributed by atoms with Gasteiger partial charge in [-0.25, -0.2) is 0 Å². The summed E-state index contributed by atoms with van der Waals surface area (Å²) in [6, 6.07) is 5.74. The Bertz CT molecular complexity index is 298. The third-order valence-corrected chi connectivity index (χ3v) is 2.23. The fourth-order valence-electron chi connectivity index (χ4n) is 1.49. The summed E-state index contributed by atoms with van der Waals surface area (Å²) in [5.41, 5.74) is 0.964. The number of carbonyl (C=O) groups excluding carboxylic acids is 1. The van der Waals surface area contributed by atoms with Crippen LogP contribution >= 0.6 is 0 Å². The first-order chi connectivity index (χ1) is 8.36. The van der Waals surface area contributed by atoms with Crippen molar-refractivity contribution in [2.45, 2.75) is 40.5 Å². The first-order valence-corrected chi connectivity index (χ1v) is 6.43. The Labute approximate surface area is 104 Å². The number of cyclic esters (lactones) is 1. The maximum atomic E-state index is 11.1. The van der Waals surface area contributed by atoms with E-state index in [0.29, 0.717) is 13.0 Å². The summed E-state index contributed by atoms with van der Waals surface area (Å²) in [5.74, 6) is -0.0550. The second-order valence-corrected chi connectivity index (χ2v) is 3.18. The fourth-order valence-corrected chi connectivity index (χ4v) is 1.49. The molecule has 1 atom stereocenters. The van der Waals surface area contributed by atoms with Crippen molar-refractivity contribution >= 4 is 5.97 Å². The van der Waals surface area contributed by atoms with Gasteiger partial charge in [0.25, 0.3) is 0 Å². The van der Waals surface area contributed by atoms with E-state index in [-0.39, 0.29) is 11.9 Å². The molecule has 0 aromatic carbocycles. The summed E-state index contributed by atoms with van der Waals surface area (Å²) < 4.78 is 4.87. The van der Waals surface area contributed by atoms with Crippen LogP contribution in [0.4, 0.5) is 0 Å². The van der Waals surface area contributed by atoms with Crippen LogP contribution < -0.4 is 0 Å².